The third-order valence-corrected chi connectivity index (χ3v) is 5.20. The summed E-state index contributed by atoms with van der Waals surface area (Å²) in [6.07, 6.45) is 0. The molecule has 4 heteroatoms. The van der Waals surface area contributed by atoms with Gasteiger partial charge in [-0.25, -0.2) is 0 Å². The summed E-state index contributed by atoms with van der Waals surface area (Å²) in [5, 5.41) is 2.18. The zero-order valence-corrected chi connectivity index (χ0v) is 16.8. The molecule has 4 rings (SSSR count). The van der Waals surface area contributed by atoms with Crippen molar-refractivity contribution in [2.45, 2.75) is 32.9 Å². The van der Waals surface area contributed by atoms with E-state index in [1.807, 2.05) is 77.2 Å². The van der Waals surface area contributed by atoms with E-state index in [0.29, 0.717) is 12.2 Å². The van der Waals surface area contributed by atoms with Crippen LogP contribution in [0.1, 0.15) is 37.0 Å². The van der Waals surface area contributed by atoms with Crippen molar-refractivity contribution < 1.29 is 4.79 Å². The number of aryl methyl sites for hydroxylation is 1. The highest BCUT2D eigenvalue weighted by molar-refractivity contribution is 5.99. The summed E-state index contributed by atoms with van der Waals surface area (Å²) in [5.74, 6) is 0.0150. The molecule has 2 heterocycles. The van der Waals surface area contributed by atoms with Crippen molar-refractivity contribution in [3.8, 4) is 0 Å². The van der Waals surface area contributed by atoms with E-state index in [9.17, 15) is 4.79 Å². The van der Waals surface area contributed by atoms with Crippen LogP contribution in [0.4, 0.5) is 0 Å². The molecule has 0 radical (unpaired) electrons. The normalized spacial score (nSPS) is 11.9. The minimum atomic E-state index is -0.332. The van der Waals surface area contributed by atoms with Gasteiger partial charge in [0, 0.05) is 28.9 Å². The maximum absolute atomic E-state index is 13.5. The monoisotopic (exact) mass is 371 g/mol. The highest BCUT2D eigenvalue weighted by atomic mass is 16.2. The van der Waals surface area contributed by atoms with Crippen LogP contribution in [-0.2, 0) is 13.6 Å². The summed E-state index contributed by atoms with van der Waals surface area (Å²) >= 11 is 0. The van der Waals surface area contributed by atoms with Crippen LogP contribution in [0.25, 0.3) is 21.8 Å². The molecule has 4 aromatic rings. The van der Waals surface area contributed by atoms with Crippen LogP contribution in [-0.4, -0.2) is 25.9 Å². The molecule has 0 saturated carbocycles. The first-order chi connectivity index (χ1) is 13.3. The Kier molecular flexibility index (Phi) is 4.42. The van der Waals surface area contributed by atoms with Crippen molar-refractivity contribution >= 4 is 27.7 Å². The average Bonchev–Trinajstić information content (AvgIpc) is 3.01. The summed E-state index contributed by atoms with van der Waals surface area (Å²) in [5.41, 5.74) is 3.26. The molecule has 0 spiro atoms. The molecule has 0 fully saturated rings. The van der Waals surface area contributed by atoms with Crippen LogP contribution < -0.4 is 0 Å². The average molecular weight is 371 g/mol. The lowest BCUT2D eigenvalue weighted by molar-refractivity contribution is 0.0546. The molecule has 0 bridgehead atoms. The Morgan fingerprint density at radius 3 is 2.36 bits per heavy atom. The molecule has 2 aromatic carbocycles. The van der Waals surface area contributed by atoms with Gasteiger partial charge < -0.3 is 9.47 Å². The van der Waals surface area contributed by atoms with Gasteiger partial charge in [0.05, 0.1) is 17.8 Å². The summed E-state index contributed by atoms with van der Waals surface area (Å²) in [6, 6.07) is 22.2. The fraction of sp³-hybridized carbons (Fsp3) is 0.250. The van der Waals surface area contributed by atoms with Crippen molar-refractivity contribution in [2.75, 3.05) is 0 Å². The van der Waals surface area contributed by atoms with Crippen LogP contribution in [0.3, 0.4) is 0 Å². The van der Waals surface area contributed by atoms with Crippen molar-refractivity contribution in [3.05, 3.63) is 78.1 Å². The van der Waals surface area contributed by atoms with E-state index < -0.39 is 0 Å². The number of rotatable bonds is 3. The number of hydrogen-bond donors (Lipinski definition) is 0. The maximum Gasteiger partial charge on any atom is 0.271 e. The predicted molar refractivity (Wildman–Crippen MR) is 114 cm³/mol. The number of para-hydroxylation sites is 2. The number of nitrogens with zero attached hydrogens (tertiary/aromatic N) is 3. The van der Waals surface area contributed by atoms with E-state index in [4.69, 9.17) is 4.98 Å². The van der Waals surface area contributed by atoms with Gasteiger partial charge in [0.15, 0.2) is 0 Å². The topological polar surface area (TPSA) is 38.1 Å². The van der Waals surface area contributed by atoms with E-state index in [1.54, 1.807) is 0 Å². The molecule has 28 heavy (non-hydrogen) atoms. The van der Waals surface area contributed by atoms with Gasteiger partial charge in [-0.2, -0.15) is 0 Å². The van der Waals surface area contributed by atoms with Gasteiger partial charge in [0.1, 0.15) is 5.69 Å². The quantitative estimate of drug-likeness (QED) is 0.498. The Morgan fingerprint density at radius 2 is 1.64 bits per heavy atom. The standard InChI is InChI=1S/C24H25N3O/c1-24(2,3)27(16-19-14-13-17-9-5-7-11-20(17)25-19)23(28)22-15-18-10-6-8-12-21(18)26(22)4/h5-15H,16H2,1-4H3. The van der Waals surface area contributed by atoms with Gasteiger partial charge in [-0.15, -0.1) is 0 Å². The number of hydrogen-bond acceptors (Lipinski definition) is 2. The lowest BCUT2D eigenvalue weighted by atomic mass is 10.0. The second kappa shape index (κ2) is 6.79. The Balaban J connectivity index is 1.72. The van der Waals surface area contributed by atoms with Crippen LogP contribution >= 0.6 is 0 Å². The van der Waals surface area contributed by atoms with Crippen LogP contribution in [0.15, 0.2) is 66.7 Å². The summed E-state index contributed by atoms with van der Waals surface area (Å²) in [6.45, 7) is 6.66. The molecule has 1 amide bonds. The molecular formula is C24H25N3O. The van der Waals surface area contributed by atoms with E-state index in [2.05, 4.69) is 26.8 Å². The third-order valence-electron chi connectivity index (χ3n) is 5.20. The number of carbonyl (C=O) groups excluding carboxylic acids is 1. The predicted octanol–water partition coefficient (Wildman–Crippen LogP) is 5.17. The molecule has 0 atom stereocenters. The van der Waals surface area contributed by atoms with Crippen molar-refractivity contribution in [3.63, 3.8) is 0 Å². The van der Waals surface area contributed by atoms with E-state index in [-0.39, 0.29) is 11.4 Å². The summed E-state index contributed by atoms with van der Waals surface area (Å²) < 4.78 is 1.98. The van der Waals surface area contributed by atoms with E-state index >= 15 is 0 Å². The zero-order valence-electron chi connectivity index (χ0n) is 16.8. The number of amides is 1. The molecule has 0 saturated heterocycles. The molecule has 142 valence electrons. The largest absolute Gasteiger partial charge is 0.340 e. The minimum Gasteiger partial charge on any atom is -0.340 e. The fourth-order valence-electron chi connectivity index (χ4n) is 3.60. The van der Waals surface area contributed by atoms with Gasteiger partial charge >= 0.3 is 0 Å². The molecule has 2 aromatic heterocycles. The van der Waals surface area contributed by atoms with Crippen LogP contribution in [0, 0.1) is 0 Å². The first kappa shape index (κ1) is 18.2. The summed E-state index contributed by atoms with van der Waals surface area (Å²) in [4.78, 5) is 20.2. The number of aromatic nitrogens is 2. The number of carbonyl (C=O) groups is 1. The van der Waals surface area contributed by atoms with Crippen molar-refractivity contribution in [2.24, 2.45) is 7.05 Å². The van der Waals surface area contributed by atoms with Crippen molar-refractivity contribution in [1.82, 2.24) is 14.5 Å². The first-order valence-corrected chi connectivity index (χ1v) is 9.56. The molecule has 0 unspecified atom stereocenters. The van der Waals surface area contributed by atoms with Gasteiger partial charge in [-0.1, -0.05) is 42.5 Å². The van der Waals surface area contributed by atoms with E-state index in [0.717, 1.165) is 27.5 Å². The fourth-order valence-corrected chi connectivity index (χ4v) is 3.60. The van der Waals surface area contributed by atoms with Crippen LogP contribution in [0.5, 0.6) is 0 Å². The lowest BCUT2D eigenvalue weighted by Crippen LogP contribution is -2.45. The number of pyridine rings is 1. The second-order valence-electron chi connectivity index (χ2n) is 8.20. The lowest BCUT2D eigenvalue weighted by Gasteiger charge is -2.35. The molecule has 0 aliphatic heterocycles. The Labute approximate surface area is 165 Å². The summed E-state index contributed by atoms with van der Waals surface area (Å²) in [7, 11) is 1.95. The second-order valence-corrected chi connectivity index (χ2v) is 8.20. The molecular weight excluding hydrogens is 346 g/mol. The molecule has 0 aliphatic rings. The number of benzene rings is 2. The van der Waals surface area contributed by atoms with E-state index in [1.165, 1.54) is 0 Å². The Hall–Kier alpha value is -3.14. The number of fused-ring (bicyclic) bond motifs is 2. The SMILES string of the molecule is Cn1c(C(=O)N(Cc2ccc3ccccc3n2)C(C)(C)C)cc2ccccc21. The third kappa shape index (κ3) is 3.26. The smallest absolute Gasteiger partial charge is 0.271 e. The highest BCUT2D eigenvalue weighted by Gasteiger charge is 2.29. The molecule has 0 aliphatic carbocycles. The van der Waals surface area contributed by atoms with Gasteiger partial charge in [-0.3, -0.25) is 9.78 Å². The maximum atomic E-state index is 13.5. The first-order valence-electron chi connectivity index (χ1n) is 9.56. The van der Waals surface area contributed by atoms with Gasteiger partial charge in [0.2, 0.25) is 0 Å². The Bertz CT molecular complexity index is 1170. The minimum absolute atomic E-state index is 0.0150. The molecule has 4 nitrogen and oxygen atoms in total. The van der Waals surface area contributed by atoms with Gasteiger partial charge in [-0.05, 0) is 45.0 Å². The zero-order chi connectivity index (χ0) is 19.9. The van der Waals surface area contributed by atoms with Gasteiger partial charge in [0.25, 0.3) is 5.91 Å². The van der Waals surface area contributed by atoms with Crippen molar-refractivity contribution in [1.29, 1.82) is 0 Å². The highest BCUT2D eigenvalue weighted by Crippen LogP contribution is 2.25. The molecule has 0 N–H and O–H groups in total. The Morgan fingerprint density at radius 1 is 0.964 bits per heavy atom. The van der Waals surface area contributed by atoms with Crippen LogP contribution in [0.2, 0.25) is 0 Å².